The molecule has 1 aromatic carbocycles. The highest BCUT2D eigenvalue weighted by Crippen LogP contribution is 2.20. The molecule has 0 aliphatic heterocycles. The highest BCUT2D eigenvalue weighted by molar-refractivity contribution is 7.99. The molecule has 1 aromatic rings. The molecule has 0 heterocycles. The van der Waals surface area contributed by atoms with E-state index in [0.29, 0.717) is 62.1 Å². The Bertz CT molecular complexity index is 1110. The fourth-order valence-corrected chi connectivity index (χ4v) is 5.22. The predicted octanol–water partition coefficient (Wildman–Crippen LogP) is -1.51. The van der Waals surface area contributed by atoms with Crippen molar-refractivity contribution >= 4 is 91.5 Å². The third kappa shape index (κ3) is 17.5. The summed E-state index contributed by atoms with van der Waals surface area (Å²) >= 11 is 1.63. The quantitative estimate of drug-likeness (QED) is 0.0180. The van der Waals surface area contributed by atoms with Gasteiger partial charge in [0.1, 0.15) is 24.4 Å². The number of hydrogen-bond acceptors (Lipinski definition) is 10. The minimum absolute atomic E-state index is 0.0112. The first kappa shape index (κ1) is 40.9. The number of thioether (sulfide) groups is 1. The minimum atomic E-state index is -0.892. The van der Waals surface area contributed by atoms with E-state index < -0.39 is 21.2 Å². The summed E-state index contributed by atoms with van der Waals surface area (Å²) in [4.78, 5) is 45.2. The van der Waals surface area contributed by atoms with Gasteiger partial charge in [0, 0.05) is 30.1 Å². The van der Waals surface area contributed by atoms with Crippen LogP contribution in [0, 0.1) is 5.41 Å². The molecule has 0 amide bonds. The van der Waals surface area contributed by atoms with Crippen LogP contribution in [0.25, 0.3) is 0 Å². The van der Waals surface area contributed by atoms with E-state index in [4.69, 9.17) is 5.41 Å². The zero-order valence-electron chi connectivity index (χ0n) is 27.2. The molecule has 0 saturated heterocycles. The van der Waals surface area contributed by atoms with Crippen molar-refractivity contribution in [2.75, 3.05) is 25.4 Å². The molecule has 0 aromatic heterocycles. The number of unbranched alkanes of at least 4 members (excludes halogenated alkanes) is 4. The van der Waals surface area contributed by atoms with E-state index in [9.17, 15) is 29.5 Å². The van der Waals surface area contributed by atoms with Crippen LogP contribution in [-0.4, -0.2) is 130 Å². The maximum atomic E-state index is 11.2. The lowest BCUT2D eigenvalue weighted by Crippen LogP contribution is -2.55. The minimum Gasteiger partial charge on any atom is -0.433 e. The molecule has 14 nitrogen and oxygen atoms in total. The van der Waals surface area contributed by atoms with Gasteiger partial charge < -0.3 is 64.7 Å². The number of guanidine groups is 2. The molecule has 0 saturated carbocycles. The summed E-state index contributed by atoms with van der Waals surface area (Å²) in [5, 5.41) is 47.3. The van der Waals surface area contributed by atoms with Crippen LogP contribution in [0.5, 0.6) is 0 Å². The van der Waals surface area contributed by atoms with Crippen molar-refractivity contribution in [2.24, 2.45) is 9.81 Å². The molecule has 21 heteroatoms. The number of nitrogens with one attached hydrogen (secondary N) is 4. The zero-order chi connectivity index (χ0) is 34.2. The molecule has 0 spiro atoms. The summed E-state index contributed by atoms with van der Waals surface area (Å²) in [6.45, 7) is 6.43. The Balaban J connectivity index is 2.64. The van der Waals surface area contributed by atoms with Crippen LogP contribution in [0.4, 0.5) is 0 Å². The number of hydrogen-bond donors (Lipinski definition) is 7. The van der Waals surface area contributed by atoms with Crippen molar-refractivity contribution in [2.45, 2.75) is 63.9 Å². The summed E-state index contributed by atoms with van der Waals surface area (Å²) in [5.41, 5.74) is 0.690. The van der Waals surface area contributed by atoms with E-state index >= 15 is 0 Å². The van der Waals surface area contributed by atoms with Crippen LogP contribution in [0.3, 0.4) is 0 Å². The fourth-order valence-electron chi connectivity index (χ4n) is 4.39. The molecule has 0 aliphatic carbocycles. The summed E-state index contributed by atoms with van der Waals surface area (Å²) in [6, 6.07) is 7.49. The zero-order valence-corrected chi connectivity index (χ0v) is 28.0. The van der Waals surface area contributed by atoms with Gasteiger partial charge >= 0.3 is 43.4 Å². The highest BCUT2D eigenvalue weighted by Gasteiger charge is 2.28. The van der Waals surface area contributed by atoms with Crippen LogP contribution in [0.1, 0.15) is 44.1 Å². The lowest BCUT2D eigenvalue weighted by molar-refractivity contribution is 0.399. The third-order valence-electron chi connectivity index (χ3n) is 6.58. The Morgan fingerprint density at radius 1 is 0.870 bits per heavy atom. The number of rotatable bonds is 23. The van der Waals surface area contributed by atoms with Crippen LogP contribution < -0.4 is 15.8 Å². The standard InChI is InChI=1S/C25H46B6N8O6S/c1-29(43)37-24(35-27-19-41)33-14-7-5-4-6-8-15-38(30(2)44)25(36-28-20-42)39(31(3)45)16-9-17-46-22-12-10-21(11-13-22)23(32)34-26-18-40/h10-13,18-20,26-28,43-45H,4-9,14-17H2,1-3H3,(H2,32,34)(H2,33,35,37)/b36-25-. The second kappa shape index (κ2) is 25.0. The first-order valence-electron chi connectivity index (χ1n) is 15.7. The Labute approximate surface area is 280 Å². The normalized spacial score (nSPS) is 11.1. The number of benzene rings is 1. The lowest BCUT2D eigenvalue weighted by atomic mass is 9.81. The summed E-state index contributed by atoms with van der Waals surface area (Å²) in [5.74, 6) is 1.70. The second-order valence-corrected chi connectivity index (χ2v) is 11.6. The smallest absolute Gasteiger partial charge is 0.411 e. The highest BCUT2D eigenvalue weighted by atomic mass is 32.2. The van der Waals surface area contributed by atoms with Crippen molar-refractivity contribution in [3.63, 3.8) is 0 Å². The van der Waals surface area contributed by atoms with Gasteiger partial charge in [-0.25, -0.2) is 0 Å². The van der Waals surface area contributed by atoms with Gasteiger partial charge in [0.2, 0.25) is 0 Å². The summed E-state index contributed by atoms with van der Waals surface area (Å²) in [6.07, 6.45) is 7.23. The van der Waals surface area contributed by atoms with Crippen LogP contribution in [0.15, 0.2) is 39.0 Å². The van der Waals surface area contributed by atoms with E-state index in [1.54, 1.807) is 41.9 Å². The van der Waals surface area contributed by atoms with Gasteiger partial charge in [-0.3, -0.25) is 5.41 Å². The molecule has 0 radical (unpaired) electrons. The number of carbonyl (C=O) groups excluding carboxylic acids is 3. The average Bonchev–Trinajstić information content (AvgIpc) is 3.02. The Hall–Kier alpha value is -3.14. The van der Waals surface area contributed by atoms with Crippen molar-refractivity contribution in [1.82, 2.24) is 25.4 Å². The van der Waals surface area contributed by atoms with Crippen LogP contribution in [0.2, 0.25) is 20.5 Å². The predicted molar refractivity (Wildman–Crippen MR) is 197 cm³/mol. The first-order chi connectivity index (χ1) is 22.1. The van der Waals surface area contributed by atoms with E-state index in [-0.39, 0.29) is 28.1 Å². The molecule has 0 fully saturated rings. The van der Waals surface area contributed by atoms with Crippen LogP contribution in [-0.2, 0) is 14.4 Å². The molecule has 246 valence electrons. The summed E-state index contributed by atoms with van der Waals surface area (Å²) < 4.78 is 0. The van der Waals surface area contributed by atoms with Crippen molar-refractivity contribution < 1.29 is 29.5 Å². The Morgan fingerprint density at radius 3 is 2.04 bits per heavy atom. The maximum Gasteiger partial charge on any atom is 0.411 e. The number of carbonyl (C=O) groups is 3. The third-order valence-corrected chi connectivity index (χ3v) is 7.68. The van der Waals surface area contributed by atoms with Crippen molar-refractivity contribution in [1.29, 1.82) is 5.41 Å². The van der Waals surface area contributed by atoms with Gasteiger partial charge in [0.25, 0.3) is 0 Å². The molecular weight excluding hydrogens is 605 g/mol. The maximum absolute atomic E-state index is 11.2. The molecule has 0 unspecified atom stereocenters. The average molecular weight is 652 g/mol. The Morgan fingerprint density at radius 2 is 1.46 bits per heavy atom. The first-order valence-corrected chi connectivity index (χ1v) is 16.7. The molecular formula is C25H46B6N8O6S. The van der Waals surface area contributed by atoms with E-state index in [1.807, 2.05) is 24.3 Å². The monoisotopic (exact) mass is 652 g/mol. The Kier molecular flexibility index (Phi) is 22.2. The SMILES string of the molecule is CB(O)N/C(=N/BC=O)NCCCCCCCN(B(C)O)/C(=N/BC=O)N(CCCSc1ccc(C(=N)NBC=O)cc1)B(C)O. The molecule has 46 heavy (non-hydrogen) atoms. The van der Waals surface area contributed by atoms with Gasteiger partial charge in [-0.05, 0) is 57.6 Å². The van der Waals surface area contributed by atoms with E-state index in [1.165, 1.54) is 0 Å². The van der Waals surface area contributed by atoms with Gasteiger partial charge in [-0.1, -0.05) is 31.4 Å². The topological polar surface area (TPSA) is 203 Å². The van der Waals surface area contributed by atoms with E-state index in [2.05, 4.69) is 25.6 Å². The summed E-state index contributed by atoms with van der Waals surface area (Å²) in [7, 11) is -2.55. The van der Waals surface area contributed by atoms with Crippen LogP contribution >= 0.6 is 11.8 Å². The number of nitrogens with zero attached hydrogens (tertiary/aromatic N) is 4. The van der Waals surface area contributed by atoms with Crippen molar-refractivity contribution in [3.05, 3.63) is 29.8 Å². The van der Waals surface area contributed by atoms with Gasteiger partial charge in [-0.2, -0.15) is 0 Å². The molecule has 0 atom stereocenters. The second-order valence-electron chi connectivity index (χ2n) is 10.5. The number of amidine groups is 1. The van der Waals surface area contributed by atoms with Gasteiger partial charge in [-0.15, -0.1) is 11.8 Å². The van der Waals surface area contributed by atoms with Gasteiger partial charge in [0.15, 0.2) is 11.9 Å². The fraction of sp³-hybridized carbons (Fsp3) is 0.520. The van der Waals surface area contributed by atoms with Crippen molar-refractivity contribution in [3.8, 4) is 0 Å². The van der Waals surface area contributed by atoms with Gasteiger partial charge in [0.05, 0.1) is 0 Å². The molecule has 1 rings (SSSR count). The van der Waals surface area contributed by atoms with E-state index in [0.717, 1.165) is 42.8 Å². The molecule has 0 bridgehead atoms. The largest absolute Gasteiger partial charge is 0.433 e. The molecule has 7 N–H and O–H groups in total. The lowest BCUT2D eigenvalue weighted by Gasteiger charge is -2.36. The molecule has 0 aliphatic rings.